The van der Waals surface area contributed by atoms with E-state index in [9.17, 15) is 4.39 Å². The van der Waals surface area contributed by atoms with Crippen molar-refractivity contribution in [2.75, 3.05) is 40.5 Å². The lowest BCUT2D eigenvalue weighted by molar-refractivity contribution is -0.0390. The fourth-order valence-corrected chi connectivity index (χ4v) is 3.41. The summed E-state index contributed by atoms with van der Waals surface area (Å²) in [4.78, 5) is 6.29. The maximum Gasteiger partial charge on any atom is 0.193 e. The zero-order valence-corrected chi connectivity index (χ0v) is 18.4. The molecule has 168 valence electrons. The monoisotopic (exact) mass is 429 g/mol. The Bertz CT molecular complexity index is 840. The first-order valence-electron chi connectivity index (χ1n) is 10.7. The van der Waals surface area contributed by atoms with Crippen molar-refractivity contribution in [3.05, 3.63) is 65.5 Å². The van der Waals surface area contributed by atoms with Gasteiger partial charge in [0, 0.05) is 33.9 Å². The van der Waals surface area contributed by atoms with Crippen molar-refractivity contribution in [1.29, 1.82) is 0 Å². The van der Waals surface area contributed by atoms with E-state index in [1.54, 1.807) is 25.2 Å². The van der Waals surface area contributed by atoms with Gasteiger partial charge in [-0.3, -0.25) is 4.99 Å². The van der Waals surface area contributed by atoms with Crippen LogP contribution in [0.1, 0.15) is 24.0 Å². The normalized spacial score (nSPS) is 15.0. The summed E-state index contributed by atoms with van der Waals surface area (Å²) in [6, 6.07) is 14.8. The smallest absolute Gasteiger partial charge is 0.193 e. The number of halogens is 1. The maximum absolute atomic E-state index is 13.7. The summed E-state index contributed by atoms with van der Waals surface area (Å²) >= 11 is 0. The van der Waals surface area contributed by atoms with E-state index >= 15 is 0 Å². The molecule has 6 nitrogen and oxygen atoms in total. The molecular formula is C24H32FN3O3. The van der Waals surface area contributed by atoms with E-state index in [-0.39, 0.29) is 17.7 Å². The van der Waals surface area contributed by atoms with Gasteiger partial charge in [0.05, 0.1) is 19.3 Å². The summed E-state index contributed by atoms with van der Waals surface area (Å²) in [5.74, 6) is 0.660. The van der Waals surface area contributed by atoms with Gasteiger partial charge in [-0.1, -0.05) is 36.4 Å². The molecule has 1 N–H and O–H groups in total. The number of guanidine groups is 1. The second-order valence-corrected chi connectivity index (χ2v) is 7.54. The third-order valence-corrected chi connectivity index (χ3v) is 5.19. The van der Waals surface area contributed by atoms with Crippen LogP contribution in [0.25, 0.3) is 0 Å². The molecule has 0 bridgehead atoms. The number of benzene rings is 2. The van der Waals surface area contributed by atoms with Crippen LogP contribution in [-0.4, -0.2) is 57.4 Å². The van der Waals surface area contributed by atoms with Crippen LogP contribution in [0.15, 0.2) is 53.5 Å². The SMILES string of the molecule is CN=C(NCc1cccc(COC2CCOCC2)c1)N(C)CCOc1ccccc1F. The maximum atomic E-state index is 13.7. The van der Waals surface area contributed by atoms with E-state index in [2.05, 4.69) is 34.6 Å². The van der Waals surface area contributed by atoms with Gasteiger partial charge in [-0.15, -0.1) is 0 Å². The molecule has 31 heavy (non-hydrogen) atoms. The van der Waals surface area contributed by atoms with Crippen molar-refractivity contribution in [3.63, 3.8) is 0 Å². The molecule has 0 radical (unpaired) electrons. The van der Waals surface area contributed by atoms with Gasteiger partial charge < -0.3 is 24.4 Å². The van der Waals surface area contributed by atoms with Crippen LogP contribution in [0, 0.1) is 5.82 Å². The number of hydrogen-bond acceptors (Lipinski definition) is 4. The molecule has 1 fully saturated rings. The highest BCUT2D eigenvalue weighted by atomic mass is 19.1. The fourth-order valence-electron chi connectivity index (χ4n) is 3.41. The van der Waals surface area contributed by atoms with Gasteiger partial charge in [-0.05, 0) is 36.1 Å². The zero-order chi connectivity index (χ0) is 21.9. The van der Waals surface area contributed by atoms with Crippen molar-refractivity contribution in [3.8, 4) is 5.75 Å². The minimum atomic E-state index is -0.353. The largest absolute Gasteiger partial charge is 0.489 e. The van der Waals surface area contributed by atoms with Gasteiger partial charge in [0.1, 0.15) is 6.61 Å². The summed E-state index contributed by atoms with van der Waals surface area (Å²) in [6.45, 7) is 3.76. The molecule has 1 aliphatic heterocycles. The Morgan fingerprint density at radius 2 is 1.94 bits per heavy atom. The molecule has 0 aliphatic carbocycles. The number of likely N-dealkylation sites (N-methyl/N-ethyl adjacent to an activating group) is 1. The number of ether oxygens (including phenoxy) is 3. The van der Waals surface area contributed by atoms with E-state index in [0.717, 1.165) is 43.1 Å². The van der Waals surface area contributed by atoms with Crippen LogP contribution in [0.4, 0.5) is 4.39 Å². The summed E-state index contributed by atoms with van der Waals surface area (Å²) < 4.78 is 30.6. The lowest BCUT2D eigenvalue weighted by Crippen LogP contribution is -2.40. The van der Waals surface area contributed by atoms with Crippen molar-refractivity contribution >= 4 is 5.96 Å². The zero-order valence-electron chi connectivity index (χ0n) is 18.4. The van der Waals surface area contributed by atoms with Crippen molar-refractivity contribution in [2.45, 2.75) is 32.1 Å². The highest BCUT2D eigenvalue weighted by molar-refractivity contribution is 5.79. The molecule has 0 spiro atoms. The van der Waals surface area contributed by atoms with Crippen molar-refractivity contribution in [2.24, 2.45) is 4.99 Å². The topological polar surface area (TPSA) is 55.3 Å². The first kappa shape index (κ1) is 23.0. The van der Waals surface area contributed by atoms with Gasteiger partial charge in [0.2, 0.25) is 0 Å². The number of rotatable bonds is 9. The molecule has 1 heterocycles. The van der Waals surface area contributed by atoms with Crippen LogP contribution in [0.2, 0.25) is 0 Å². The lowest BCUT2D eigenvalue weighted by Gasteiger charge is -2.23. The molecular weight excluding hydrogens is 397 g/mol. The molecule has 1 aliphatic rings. The molecule has 7 heteroatoms. The molecule has 2 aromatic rings. The number of hydrogen-bond donors (Lipinski definition) is 1. The average Bonchev–Trinajstić information content (AvgIpc) is 2.80. The Balaban J connectivity index is 1.43. The average molecular weight is 430 g/mol. The number of para-hydroxylation sites is 1. The highest BCUT2D eigenvalue weighted by Gasteiger charge is 2.14. The predicted octanol–water partition coefficient (Wildman–Crippen LogP) is 3.61. The summed E-state index contributed by atoms with van der Waals surface area (Å²) in [7, 11) is 3.67. The molecule has 2 aromatic carbocycles. The van der Waals surface area contributed by atoms with Gasteiger partial charge in [-0.25, -0.2) is 4.39 Å². The molecule has 0 atom stereocenters. The molecule has 0 amide bonds. The minimum absolute atomic E-state index is 0.263. The molecule has 0 aromatic heterocycles. The van der Waals surface area contributed by atoms with E-state index < -0.39 is 0 Å². The van der Waals surface area contributed by atoms with E-state index in [4.69, 9.17) is 14.2 Å². The number of nitrogens with one attached hydrogen (secondary N) is 1. The predicted molar refractivity (Wildman–Crippen MR) is 120 cm³/mol. The van der Waals surface area contributed by atoms with Gasteiger partial charge in [0.15, 0.2) is 17.5 Å². The first-order chi connectivity index (χ1) is 15.2. The first-order valence-corrected chi connectivity index (χ1v) is 10.7. The van der Waals surface area contributed by atoms with Gasteiger partial charge in [0.25, 0.3) is 0 Å². The van der Waals surface area contributed by atoms with Crippen LogP contribution in [0.3, 0.4) is 0 Å². The van der Waals surface area contributed by atoms with E-state index in [1.165, 1.54) is 6.07 Å². The van der Waals surface area contributed by atoms with Crippen LogP contribution >= 0.6 is 0 Å². The minimum Gasteiger partial charge on any atom is -0.489 e. The van der Waals surface area contributed by atoms with Crippen molar-refractivity contribution in [1.82, 2.24) is 10.2 Å². The van der Waals surface area contributed by atoms with E-state index in [0.29, 0.717) is 26.3 Å². The standard InChI is InChI=1S/C24H32FN3O3/c1-26-24(28(2)12-15-30-23-9-4-3-8-22(23)25)27-17-19-6-5-7-20(16-19)18-31-21-10-13-29-14-11-21/h3-9,16,21H,10-15,17-18H2,1-2H3,(H,26,27). The Kier molecular flexibility index (Phi) is 9.12. The third kappa shape index (κ3) is 7.52. The number of nitrogens with zero attached hydrogens (tertiary/aromatic N) is 2. The van der Waals surface area contributed by atoms with Gasteiger partial charge >= 0.3 is 0 Å². The van der Waals surface area contributed by atoms with E-state index in [1.807, 2.05) is 11.9 Å². The molecule has 1 saturated heterocycles. The van der Waals surface area contributed by atoms with Crippen LogP contribution in [0.5, 0.6) is 5.75 Å². The van der Waals surface area contributed by atoms with Crippen LogP contribution < -0.4 is 10.1 Å². The Hall–Kier alpha value is -2.64. The molecule has 0 saturated carbocycles. The number of aliphatic imine (C=N–C) groups is 1. The van der Waals surface area contributed by atoms with Crippen LogP contribution in [-0.2, 0) is 22.6 Å². The Morgan fingerprint density at radius 3 is 2.71 bits per heavy atom. The summed E-state index contributed by atoms with van der Waals surface area (Å²) in [6.07, 6.45) is 2.21. The Morgan fingerprint density at radius 1 is 1.16 bits per heavy atom. The Labute approximate surface area is 184 Å². The quantitative estimate of drug-likeness (QED) is 0.488. The highest BCUT2D eigenvalue weighted by Crippen LogP contribution is 2.16. The second-order valence-electron chi connectivity index (χ2n) is 7.54. The molecule has 0 unspecified atom stereocenters. The lowest BCUT2D eigenvalue weighted by atomic mass is 10.1. The summed E-state index contributed by atoms with van der Waals surface area (Å²) in [5.41, 5.74) is 2.32. The summed E-state index contributed by atoms with van der Waals surface area (Å²) in [5, 5.41) is 3.37. The molecule has 3 rings (SSSR count). The van der Waals surface area contributed by atoms with Gasteiger partial charge in [-0.2, -0.15) is 0 Å². The second kappa shape index (κ2) is 12.3. The third-order valence-electron chi connectivity index (χ3n) is 5.19. The fraction of sp³-hybridized carbons (Fsp3) is 0.458. The van der Waals surface area contributed by atoms with Crippen molar-refractivity contribution < 1.29 is 18.6 Å².